The number of benzene rings is 2. The Bertz CT molecular complexity index is 1240. The predicted octanol–water partition coefficient (Wildman–Crippen LogP) is 7.41. The highest BCUT2D eigenvalue weighted by Gasteiger charge is 2.22. The summed E-state index contributed by atoms with van der Waals surface area (Å²) in [5.41, 5.74) is 6.83. The van der Waals surface area contributed by atoms with Gasteiger partial charge >= 0.3 is 5.97 Å². The Labute approximate surface area is 196 Å². The highest BCUT2D eigenvalue weighted by molar-refractivity contribution is 6.31. The molecule has 0 atom stereocenters. The van der Waals surface area contributed by atoms with Crippen LogP contribution in [0.2, 0.25) is 10.0 Å². The van der Waals surface area contributed by atoms with Gasteiger partial charge in [-0.1, -0.05) is 35.3 Å². The number of hydrogen-bond acceptors (Lipinski definition) is 2. The van der Waals surface area contributed by atoms with Gasteiger partial charge in [-0.25, -0.2) is 9.18 Å². The number of aromatic nitrogens is 1. The lowest BCUT2D eigenvalue weighted by molar-refractivity contribution is 0.0692. The van der Waals surface area contributed by atoms with Gasteiger partial charge in [0.25, 0.3) is 0 Å². The third-order valence-corrected chi connectivity index (χ3v) is 6.40. The van der Waals surface area contributed by atoms with Gasteiger partial charge in [-0.15, -0.1) is 0 Å². The molecule has 0 fully saturated rings. The lowest BCUT2D eigenvalue weighted by Gasteiger charge is -2.14. The zero-order valence-corrected chi connectivity index (χ0v) is 19.1. The fraction of sp³-hybridized carbons (Fsp3) is 0.231. The summed E-state index contributed by atoms with van der Waals surface area (Å²) in [5, 5.41) is 10.6. The smallest absolute Gasteiger partial charge is 0.338 e. The molecule has 0 radical (unpaired) electrons. The summed E-state index contributed by atoms with van der Waals surface area (Å²) < 4.78 is 13.9. The van der Waals surface area contributed by atoms with Crippen LogP contribution in [0.15, 0.2) is 48.7 Å². The quantitative estimate of drug-likeness (QED) is 0.408. The van der Waals surface area contributed by atoms with Crippen molar-refractivity contribution in [2.45, 2.75) is 39.0 Å². The fourth-order valence-corrected chi connectivity index (χ4v) is 4.74. The van der Waals surface area contributed by atoms with Crippen LogP contribution in [0.3, 0.4) is 0 Å². The summed E-state index contributed by atoms with van der Waals surface area (Å²) >= 11 is 12.4. The Hall–Kier alpha value is -2.69. The highest BCUT2D eigenvalue weighted by atomic mass is 35.5. The van der Waals surface area contributed by atoms with Gasteiger partial charge in [-0.3, -0.25) is 4.98 Å². The molecule has 0 amide bonds. The van der Waals surface area contributed by atoms with Gasteiger partial charge < -0.3 is 5.11 Å². The SMILES string of the molecule is Cc1cc(Cl)ccc1CCc1ncc(Cl)cc1C1=C(c2ccc(F)c(C(=O)O)c2)CCC1. The van der Waals surface area contributed by atoms with Crippen LogP contribution in [-0.4, -0.2) is 16.1 Å². The van der Waals surface area contributed by atoms with Crippen LogP contribution in [0.5, 0.6) is 0 Å². The van der Waals surface area contributed by atoms with Crippen LogP contribution in [-0.2, 0) is 12.8 Å². The summed E-state index contributed by atoms with van der Waals surface area (Å²) in [4.78, 5) is 16.0. The lowest BCUT2D eigenvalue weighted by atomic mass is 9.93. The van der Waals surface area contributed by atoms with Gasteiger partial charge in [0, 0.05) is 22.5 Å². The van der Waals surface area contributed by atoms with Crippen LogP contribution in [0.25, 0.3) is 11.1 Å². The zero-order chi connectivity index (χ0) is 22.8. The van der Waals surface area contributed by atoms with Gasteiger partial charge in [0.1, 0.15) is 5.82 Å². The molecular weight excluding hydrogens is 448 g/mol. The summed E-state index contributed by atoms with van der Waals surface area (Å²) in [7, 11) is 0. The van der Waals surface area contributed by atoms with Crippen molar-refractivity contribution < 1.29 is 14.3 Å². The average molecular weight is 470 g/mol. The second-order valence-electron chi connectivity index (χ2n) is 8.03. The molecule has 6 heteroatoms. The molecule has 0 unspecified atom stereocenters. The normalized spacial score (nSPS) is 13.6. The molecule has 0 spiro atoms. The fourth-order valence-electron chi connectivity index (χ4n) is 4.36. The van der Waals surface area contributed by atoms with Gasteiger partial charge in [0.15, 0.2) is 0 Å². The molecular formula is C26H22Cl2FNO2. The molecule has 0 saturated carbocycles. The van der Waals surface area contributed by atoms with Crippen molar-refractivity contribution in [3.63, 3.8) is 0 Å². The molecule has 0 aliphatic heterocycles. The largest absolute Gasteiger partial charge is 0.478 e. The molecule has 1 aliphatic carbocycles. The first-order valence-electron chi connectivity index (χ1n) is 10.5. The first-order valence-corrected chi connectivity index (χ1v) is 11.2. The summed E-state index contributed by atoms with van der Waals surface area (Å²) in [6.45, 7) is 2.05. The molecule has 2 aromatic carbocycles. The van der Waals surface area contributed by atoms with E-state index in [1.807, 2.05) is 31.2 Å². The number of aromatic carboxylic acids is 1. The number of pyridine rings is 1. The molecule has 3 nitrogen and oxygen atoms in total. The van der Waals surface area contributed by atoms with E-state index in [1.165, 1.54) is 17.7 Å². The first kappa shape index (κ1) is 22.5. The maximum atomic E-state index is 13.9. The average Bonchev–Trinajstić information content (AvgIpc) is 3.23. The van der Waals surface area contributed by atoms with E-state index in [1.54, 1.807) is 12.3 Å². The minimum atomic E-state index is -1.27. The Kier molecular flexibility index (Phi) is 6.63. The van der Waals surface area contributed by atoms with Crippen LogP contribution in [0, 0.1) is 12.7 Å². The summed E-state index contributed by atoms with van der Waals surface area (Å²) in [6.07, 6.45) is 5.77. The Morgan fingerprint density at radius 3 is 2.56 bits per heavy atom. The van der Waals surface area contributed by atoms with Gasteiger partial charge in [0.05, 0.1) is 10.6 Å². The van der Waals surface area contributed by atoms with Crippen molar-refractivity contribution in [3.05, 3.63) is 98.0 Å². The van der Waals surface area contributed by atoms with Gasteiger partial charge in [-0.2, -0.15) is 0 Å². The van der Waals surface area contributed by atoms with E-state index in [0.717, 1.165) is 70.7 Å². The number of allylic oxidation sites excluding steroid dienone is 2. The Balaban J connectivity index is 1.73. The zero-order valence-electron chi connectivity index (χ0n) is 17.6. The first-order chi connectivity index (χ1) is 15.3. The molecule has 0 bridgehead atoms. The predicted molar refractivity (Wildman–Crippen MR) is 127 cm³/mol. The van der Waals surface area contributed by atoms with E-state index in [-0.39, 0.29) is 5.56 Å². The van der Waals surface area contributed by atoms with E-state index in [9.17, 15) is 14.3 Å². The molecule has 3 aromatic rings. The monoisotopic (exact) mass is 469 g/mol. The van der Waals surface area contributed by atoms with Gasteiger partial charge in [-0.05, 0) is 97.2 Å². The molecule has 0 saturated heterocycles. The van der Waals surface area contributed by atoms with Crippen molar-refractivity contribution in [1.29, 1.82) is 0 Å². The molecule has 32 heavy (non-hydrogen) atoms. The van der Waals surface area contributed by atoms with Crippen molar-refractivity contribution >= 4 is 40.3 Å². The van der Waals surface area contributed by atoms with E-state index < -0.39 is 11.8 Å². The second-order valence-corrected chi connectivity index (χ2v) is 8.90. The maximum Gasteiger partial charge on any atom is 0.338 e. The molecule has 1 N–H and O–H groups in total. The number of carboxylic acid groups (broad SMARTS) is 1. The molecule has 1 aromatic heterocycles. The number of hydrogen-bond donors (Lipinski definition) is 1. The minimum Gasteiger partial charge on any atom is -0.478 e. The van der Waals surface area contributed by atoms with Crippen LogP contribution < -0.4 is 0 Å². The third kappa shape index (κ3) is 4.72. The number of rotatable bonds is 6. The van der Waals surface area contributed by atoms with Gasteiger partial charge in [0.2, 0.25) is 0 Å². The van der Waals surface area contributed by atoms with Crippen LogP contribution >= 0.6 is 23.2 Å². The Morgan fingerprint density at radius 2 is 1.81 bits per heavy atom. The van der Waals surface area contributed by atoms with E-state index in [0.29, 0.717) is 5.02 Å². The number of aryl methyl sites for hydroxylation is 3. The molecule has 1 aliphatic rings. The van der Waals surface area contributed by atoms with Crippen LogP contribution in [0.1, 0.15) is 57.6 Å². The summed E-state index contributed by atoms with van der Waals surface area (Å²) in [5.74, 6) is -2.00. The second kappa shape index (κ2) is 9.43. The van der Waals surface area contributed by atoms with E-state index in [2.05, 4.69) is 4.98 Å². The standard InChI is InChI=1S/C26H22Cl2FNO2/c1-15-11-18(27)8-5-16(15)7-10-25-22(13-19(28)14-30-25)21-4-2-3-20(21)17-6-9-24(29)23(12-17)26(31)32/h5-6,8-9,11-14H,2-4,7,10H2,1H3,(H,31,32). The minimum absolute atomic E-state index is 0.316. The highest BCUT2D eigenvalue weighted by Crippen LogP contribution is 2.41. The lowest BCUT2D eigenvalue weighted by Crippen LogP contribution is -2.03. The van der Waals surface area contributed by atoms with Crippen molar-refractivity contribution in [1.82, 2.24) is 4.98 Å². The molecule has 1 heterocycles. The number of carbonyl (C=O) groups is 1. The maximum absolute atomic E-state index is 13.9. The molecule has 164 valence electrons. The molecule has 4 rings (SSSR count). The number of nitrogens with zero attached hydrogens (tertiary/aromatic N) is 1. The van der Waals surface area contributed by atoms with Crippen LogP contribution in [0.4, 0.5) is 4.39 Å². The van der Waals surface area contributed by atoms with Crippen molar-refractivity contribution in [3.8, 4) is 0 Å². The van der Waals surface area contributed by atoms with Crippen molar-refractivity contribution in [2.75, 3.05) is 0 Å². The van der Waals surface area contributed by atoms with Crippen molar-refractivity contribution in [2.24, 2.45) is 0 Å². The van der Waals surface area contributed by atoms with E-state index in [4.69, 9.17) is 23.2 Å². The number of carboxylic acids is 1. The Morgan fingerprint density at radius 1 is 1.03 bits per heavy atom. The summed E-state index contributed by atoms with van der Waals surface area (Å²) in [6, 6.07) is 12.1. The van der Waals surface area contributed by atoms with E-state index >= 15 is 0 Å². The number of halogens is 3. The third-order valence-electron chi connectivity index (χ3n) is 5.96. The topological polar surface area (TPSA) is 50.2 Å².